The van der Waals surface area contributed by atoms with Crippen LogP contribution in [0.4, 0.5) is 0 Å². The van der Waals surface area contributed by atoms with E-state index in [4.69, 9.17) is 10.00 Å². The summed E-state index contributed by atoms with van der Waals surface area (Å²) in [5.74, 6) is 0.839. The first-order valence-corrected chi connectivity index (χ1v) is 6.23. The summed E-state index contributed by atoms with van der Waals surface area (Å²) in [5.41, 5.74) is 3.37. The third-order valence-corrected chi connectivity index (χ3v) is 3.72. The highest BCUT2D eigenvalue weighted by molar-refractivity contribution is 7.14. The molecule has 17 heavy (non-hydrogen) atoms. The molecule has 0 aliphatic heterocycles. The summed E-state index contributed by atoms with van der Waals surface area (Å²) in [4.78, 5) is 1.11. The average molecular weight is 243 g/mol. The lowest BCUT2D eigenvalue weighted by Crippen LogP contribution is -1.89. The molecule has 0 saturated carbocycles. The first kappa shape index (κ1) is 11.7. The van der Waals surface area contributed by atoms with E-state index in [2.05, 4.69) is 25.1 Å². The van der Waals surface area contributed by atoms with E-state index in [1.54, 1.807) is 18.4 Å². The van der Waals surface area contributed by atoms with Crippen LogP contribution < -0.4 is 4.74 Å². The van der Waals surface area contributed by atoms with Crippen molar-refractivity contribution in [1.82, 2.24) is 0 Å². The van der Waals surface area contributed by atoms with Gasteiger partial charge >= 0.3 is 0 Å². The van der Waals surface area contributed by atoms with E-state index in [1.807, 2.05) is 17.5 Å². The van der Waals surface area contributed by atoms with Crippen LogP contribution in [0.25, 0.3) is 10.4 Å². The molecular weight excluding hydrogens is 230 g/mol. The van der Waals surface area contributed by atoms with Crippen LogP contribution in [0, 0.1) is 18.3 Å². The Hall–Kier alpha value is -1.79. The summed E-state index contributed by atoms with van der Waals surface area (Å²) in [6, 6.07) is 10.4. The van der Waals surface area contributed by atoms with Crippen LogP contribution in [-0.4, -0.2) is 7.11 Å². The highest BCUT2D eigenvalue weighted by Crippen LogP contribution is 2.40. The molecule has 0 fully saturated rings. The molecule has 0 unspecified atom stereocenters. The van der Waals surface area contributed by atoms with Gasteiger partial charge in [-0.25, -0.2) is 0 Å². The predicted octanol–water partition coefficient (Wildman–Crippen LogP) is 3.80. The Morgan fingerprint density at radius 2 is 2.12 bits per heavy atom. The number of hydrogen-bond acceptors (Lipinski definition) is 3. The van der Waals surface area contributed by atoms with E-state index >= 15 is 0 Å². The molecule has 0 atom stereocenters. The Morgan fingerprint density at radius 1 is 1.35 bits per heavy atom. The number of nitrogens with zero attached hydrogens (tertiary/aromatic N) is 1. The Morgan fingerprint density at radius 3 is 2.76 bits per heavy atom. The molecule has 86 valence electrons. The second kappa shape index (κ2) is 5.03. The lowest BCUT2D eigenvalue weighted by atomic mass is 10.1. The SMILES string of the molecule is COc1c(CC#N)csc1-c1ccccc1C. The minimum absolute atomic E-state index is 0.394. The maximum absolute atomic E-state index is 8.77. The molecule has 3 heteroatoms. The quantitative estimate of drug-likeness (QED) is 0.821. The second-order valence-electron chi connectivity index (χ2n) is 3.77. The number of rotatable bonds is 3. The third kappa shape index (κ3) is 2.17. The van der Waals surface area contributed by atoms with Crippen LogP contribution in [0.2, 0.25) is 0 Å². The van der Waals surface area contributed by atoms with Crippen molar-refractivity contribution in [3.05, 3.63) is 40.8 Å². The molecule has 0 amide bonds. The van der Waals surface area contributed by atoms with Crippen LogP contribution in [0.5, 0.6) is 5.75 Å². The van der Waals surface area contributed by atoms with Gasteiger partial charge in [0, 0.05) is 5.56 Å². The molecular formula is C14H13NOS. The Bertz CT molecular complexity index is 566. The molecule has 0 bridgehead atoms. The first-order chi connectivity index (χ1) is 8.27. The van der Waals surface area contributed by atoms with E-state index in [-0.39, 0.29) is 0 Å². The molecule has 0 radical (unpaired) electrons. The van der Waals surface area contributed by atoms with Crippen LogP contribution in [-0.2, 0) is 6.42 Å². The zero-order chi connectivity index (χ0) is 12.3. The topological polar surface area (TPSA) is 33.0 Å². The van der Waals surface area contributed by atoms with Gasteiger partial charge in [0.25, 0.3) is 0 Å². The molecule has 0 aliphatic rings. The van der Waals surface area contributed by atoms with E-state index < -0.39 is 0 Å². The van der Waals surface area contributed by atoms with Crippen LogP contribution in [0.1, 0.15) is 11.1 Å². The van der Waals surface area contributed by atoms with Crippen molar-refractivity contribution < 1.29 is 4.74 Å². The minimum atomic E-state index is 0.394. The summed E-state index contributed by atoms with van der Waals surface area (Å²) in [6.45, 7) is 2.08. The zero-order valence-corrected chi connectivity index (χ0v) is 10.7. The predicted molar refractivity (Wildman–Crippen MR) is 70.4 cm³/mol. The van der Waals surface area contributed by atoms with Gasteiger partial charge in [0.1, 0.15) is 5.75 Å². The smallest absolute Gasteiger partial charge is 0.141 e. The standard InChI is InChI=1S/C14H13NOS/c1-10-5-3-4-6-12(10)14-13(16-2)11(7-8-15)9-17-14/h3-6,9H,7H2,1-2H3. The monoisotopic (exact) mass is 243 g/mol. The zero-order valence-electron chi connectivity index (χ0n) is 9.86. The van der Waals surface area contributed by atoms with Gasteiger partial charge < -0.3 is 4.74 Å². The first-order valence-electron chi connectivity index (χ1n) is 5.35. The van der Waals surface area contributed by atoms with Gasteiger partial charge in [-0.05, 0) is 23.4 Å². The highest BCUT2D eigenvalue weighted by Gasteiger charge is 2.14. The fraction of sp³-hybridized carbons (Fsp3) is 0.214. The Balaban J connectivity index is 2.54. The fourth-order valence-corrected chi connectivity index (χ4v) is 2.96. The largest absolute Gasteiger partial charge is 0.495 e. The van der Waals surface area contributed by atoms with Gasteiger partial charge in [0.2, 0.25) is 0 Å². The van der Waals surface area contributed by atoms with Crippen molar-refractivity contribution >= 4 is 11.3 Å². The minimum Gasteiger partial charge on any atom is -0.495 e. The van der Waals surface area contributed by atoms with Crippen molar-refractivity contribution in [2.75, 3.05) is 7.11 Å². The normalized spacial score (nSPS) is 9.94. The van der Waals surface area contributed by atoms with Gasteiger partial charge in [-0.1, -0.05) is 24.3 Å². The highest BCUT2D eigenvalue weighted by atomic mass is 32.1. The maximum Gasteiger partial charge on any atom is 0.141 e. The number of thiophene rings is 1. The van der Waals surface area contributed by atoms with E-state index in [9.17, 15) is 0 Å². The van der Waals surface area contributed by atoms with Crippen molar-refractivity contribution in [3.8, 4) is 22.3 Å². The van der Waals surface area contributed by atoms with Crippen molar-refractivity contribution in [3.63, 3.8) is 0 Å². The summed E-state index contributed by atoms with van der Waals surface area (Å²) < 4.78 is 5.44. The lowest BCUT2D eigenvalue weighted by Gasteiger charge is -2.07. The molecule has 2 aromatic rings. The molecule has 1 aromatic heterocycles. The van der Waals surface area contributed by atoms with Crippen molar-refractivity contribution in [1.29, 1.82) is 5.26 Å². The number of nitriles is 1. The van der Waals surface area contributed by atoms with Crippen LogP contribution in [0.15, 0.2) is 29.6 Å². The summed E-state index contributed by atoms with van der Waals surface area (Å²) in [7, 11) is 1.66. The number of ether oxygens (including phenoxy) is 1. The van der Waals surface area contributed by atoms with E-state index in [0.717, 1.165) is 16.2 Å². The van der Waals surface area contributed by atoms with Gasteiger partial charge in [0.05, 0.1) is 24.5 Å². The number of methoxy groups -OCH3 is 1. The second-order valence-corrected chi connectivity index (χ2v) is 4.65. The Labute approximate surface area is 105 Å². The van der Waals surface area contributed by atoms with Gasteiger partial charge in [-0.15, -0.1) is 11.3 Å². The average Bonchev–Trinajstić information content (AvgIpc) is 2.73. The van der Waals surface area contributed by atoms with Crippen molar-refractivity contribution in [2.24, 2.45) is 0 Å². The number of aryl methyl sites for hydroxylation is 1. The van der Waals surface area contributed by atoms with E-state index in [1.165, 1.54) is 11.1 Å². The molecule has 2 rings (SSSR count). The Kier molecular flexibility index (Phi) is 3.46. The number of hydrogen-bond donors (Lipinski definition) is 0. The van der Waals surface area contributed by atoms with Crippen molar-refractivity contribution in [2.45, 2.75) is 13.3 Å². The molecule has 0 N–H and O–H groups in total. The summed E-state index contributed by atoms with van der Waals surface area (Å²) in [5, 5.41) is 10.8. The van der Waals surface area contributed by atoms with Gasteiger partial charge in [-0.3, -0.25) is 0 Å². The van der Waals surface area contributed by atoms with E-state index in [0.29, 0.717) is 6.42 Å². The fourth-order valence-electron chi connectivity index (χ4n) is 1.83. The summed E-state index contributed by atoms with van der Waals surface area (Å²) in [6.07, 6.45) is 0.394. The molecule has 0 aliphatic carbocycles. The molecule has 2 nitrogen and oxygen atoms in total. The maximum atomic E-state index is 8.77. The van der Waals surface area contributed by atoms with Crippen LogP contribution >= 0.6 is 11.3 Å². The number of benzene rings is 1. The van der Waals surface area contributed by atoms with Crippen LogP contribution in [0.3, 0.4) is 0 Å². The molecule has 0 saturated heterocycles. The molecule has 1 aromatic carbocycles. The summed E-state index contributed by atoms with van der Waals surface area (Å²) >= 11 is 1.63. The van der Waals surface area contributed by atoms with Gasteiger partial charge in [0.15, 0.2) is 0 Å². The molecule has 1 heterocycles. The third-order valence-electron chi connectivity index (χ3n) is 2.68. The molecule has 0 spiro atoms. The van der Waals surface area contributed by atoms with Gasteiger partial charge in [-0.2, -0.15) is 5.26 Å². The lowest BCUT2D eigenvalue weighted by molar-refractivity contribution is 0.414.